The molecule has 0 saturated heterocycles. The number of hydrogen-bond acceptors (Lipinski definition) is 4. The van der Waals surface area contributed by atoms with Crippen molar-refractivity contribution in [3.8, 4) is 11.5 Å². The van der Waals surface area contributed by atoms with Gasteiger partial charge in [0.05, 0.1) is 26.9 Å². The molecule has 1 rings (SSSR count). The van der Waals surface area contributed by atoms with Crippen molar-refractivity contribution in [3.63, 3.8) is 0 Å². The first kappa shape index (κ1) is 11.8. The summed E-state index contributed by atoms with van der Waals surface area (Å²) in [4.78, 5) is 0. The second-order valence-corrected chi connectivity index (χ2v) is 3.33. The van der Waals surface area contributed by atoms with Gasteiger partial charge in [0.15, 0.2) is 11.5 Å². The van der Waals surface area contributed by atoms with E-state index in [2.05, 4.69) is 0 Å². The maximum atomic E-state index is 9.02. The van der Waals surface area contributed by atoms with Gasteiger partial charge in [0.1, 0.15) is 0 Å². The molecule has 0 fully saturated rings. The Kier molecular flexibility index (Phi) is 3.94. The summed E-state index contributed by atoms with van der Waals surface area (Å²) in [6, 6.07) is 3.29. The molecule has 4 nitrogen and oxygen atoms in total. The summed E-state index contributed by atoms with van der Waals surface area (Å²) in [5.74, 6) is 1.26. The van der Waals surface area contributed by atoms with Crippen LogP contribution in [0.15, 0.2) is 12.1 Å². The molecular formula is C11H17NO3. The molecule has 0 heterocycles. The molecule has 0 aliphatic carbocycles. The van der Waals surface area contributed by atoms with Gasteiger partial charge >= 0.3 is 0 Å². The SMILES string of the molecule is COc1c(C)ccc(C(N)CO)c1OC. The summed E-state index contributed by atoms with van der Waals surface area (Å²) in [5.41, 5.74) is 7.49. The topological polar surface area (TPSA) is 64.7 Å². The predicted molar refractivity (Wildman–Crippen MR) is 58.3 cm³/mol. The second-order valence-electron chi connectivity index (χ2n) is 3.33. The monoisotopic (exact) mass is 211 g/mol. The molecule has 1 aromatic rings. The van der Waals surface area contributed by atoms with E-state index in [0.717, 1.165) is 11.1 Å². The molecule has 0 spiro atoms. The van der Waals surface area contributed by atoms with Crippen LogP contribution >= 0.6 is 0 Å². The van der Waals surface area contributed by atoms with E-state index in [1.165, 1.54) is 0 Å². The van der Waals surface area contributed by atoms with Crippen LogP contribution in [0, 0.1) is 6.92 Å². The third kappa shape index (κ3) is 2.22. The number of rotatable bonds is 4. The van der Waals surface area contributed by atoms with Crippen molar-refractivity contribution in [2.24, 2.45) is 5.73 Å². The van der Waals surface area contributed by atoms with Crippen LogP contribution in [-0.4, -0.2) is 25.9 Å². The van der Waals surface area contributed by atoms with Crippen molar-refractivity contribution in [3.05, 3.63) is 23.3 Å². The Bertz CT molecular complexity index is 339. The Morgan fingerprint density at radius 1 is 1.27 bits per heavy atom. The van der Waals surface area contributed by atoms with E-state index in [1.54, 1.807) is 14.2 Å². The first-order valence-electron chi connectivity index (χ1n) is 4.73. The molecule has 0 aromatic heterocycles. The Morgan fingerprint density at radius 2 is 1.87 bits per heavy atom. The van der Waals surface area contributed by atoms with E-state index in [1.807, 2.05) is 19.1 Å². The van der Waals surface area contributed by atoms with Gasteiger partial charge in [-0.1, -0.05) is 12.1 Å². The van der Waals surface area contributed by atoms with Crippen LogP contribution in [0.5, 0.6) is 11.5 Å². The summed E-state index contributed by atoms with van der Waals surface area (Å²) < 4.78 is 10.5. The highest BCUT2D eigenvalue weighted by atomic mass is 16.5. The van der Waals surface area contributed by atoms with E-state index < -0.39 is 6.04 Å². The van der Waals surface area contributed by atoms with Crippen LogP contribution < -0.4 is 15.2 Å². The molecule has 4 heteroatoms. The van der Waals surface area contributed by atoms with Crippen LogP contribution in [0.1, 0.15) is 17.2 Å². The summed E-state index contributed by atoms with van der Waals surface area (Å²) in [6.45, 7) is 1.80. The smallest absolute Gasteiger partial charge is 0.165 e. The highest BCUT2D eigenvalue weighted by molar-refractivity contribution is 5.52. The summed E-state index contributed by atoms with van der Waals surface area (Å²) in [6.07, 6.45) is 0. The van der Waals surface area contributed by atoms with E-state index in [9.17, 15) is 0 Å². The maximum absolute atomic E-state index is 9.02. The summed E-state index contributed by atoms with van der Waals surface area (Å²) in [5, 5.41) is 9.02. The molecule has 84 valence electrons. The molecule has 0 bridgehead atoms. The zero-order chi connectivity index (χ0) is 11.4. The van der Waals surface area contributed by atoms with E-state index in [-0.39, 0.29) is 6.61 Å². The Balaban J connectivity index is 3.28. The molecule has 0 amide bonds. The fourth-order valence-electron chi connectivity index (χ4n) is 1.53. The van der Waals surface area contributed by atoms with E-state index in [4.69, 9.17) is 20.3 Å². The van der Waals surface area contributed by atoms with Gasteiger partial charge in [-0.25, -0.2) is 0 Å². The van der Waals surface area contributed by atoms with E-state index >= 15 is 0 Å². The normalized spacial score (nSPS) is 12.3. The molecule has 0 aliphatic rings. The number of benzene rings is 1. The van der Waals surface area contributed by atoms with Crippen LogP contribution in [0.3, 0.4) is 0 Å². The van der Waals surface area contributed by atoms with Crippen molar-refractivity contribution < 1.29 is 14.6 Å². The number of aryl methyl sites for hydroxylation is 1. The molecular weight excluding hydrogens is 194 g/mol. The van der Waals surface area contributed by atoms with Crippen LogP contribution in [0.2, 0.25) is 0 Å². The van der Waals surface area contributed by atoms with E-state index in [0.29, 0.717) is 11.5 Å². The quantitative estimate of drug-likeness (QED) is 0.780. The molecule has 15 heavy (non-hydrogen) atoms. The molecule has 0 radical (unpaired) electrons. The van der Waals surface area contributed by atoms with Crippen LogP contribution in [0.25, 0.3) is 0 Å². The maximum Gasteiger partial charge on any atom is 0.165 e. The van der Waals surface area contributed by atoms with Gasteiger partial charge in [-0.3, -0.25) is 0 Å². The number of nitrogens with two attached hydrogens (primary N) is 1. The van der Waals surface area contributed by atoms with Crippen molar-refractivity contribution in [1.82, 2.24) is 0 Å². The summed E-state index contributed by atoms with van der Waals surface area (Å²) in [7, 11) is 3.14. The van der Waals surface area contributed by atoms with Gasteiger partial charge in [-0.05, 0) is 12.5 Å². The third-order valence-corrected chi connectivity index (χ3v) is 2.34. The largest absolute Gasteiger partial charge is 0.493 e. The fourth-order valence-corrected chi connectivity index (χ4v) is 1.53. The van der Waals surface area contributed by atoms with Gasteiger partial charge in [0.2, 0.25) is 0 Å². The van der Waals surface area contributed by atoms with Crippen LogP contribution in [0.4, 0.5) is 0 Å². The predicted octanol–water partition coefficient (Wildman–Crippen LogP) is 1.00. The number of methoxy groups -OCH3 is 2. The lowest BCUT2D eigenvalue weighted by Gasteiger charge is -2.17. The number of ether oxygens (including phenoxy) is 2. The van der Waals surface area contributed by atoms with Crippen LogP contribution in [-0.2, 0) is 0 Å². The van der Waals surface area contributed by atoms with Gasteiger partial charge < -0.3 is 20.3 Å². The summed E-state index contributed by atoms with van der Waals surface area (Å²) >= 11 is 0. The minimum absolute atomic E-state index is 0.122. The zero-order valence-corrected chi connectivity index (χ0v) is 9.28. The van der Waals surface area contributed by atoms with Gasteiger partial charge in [-0.2, -0.15) is 0 Å². The third-order valence-electron chi connectivity index (χ3n) is 2.34. The second kappa shape index (κ2) is 5.00. The first-order valence-corrected chi connectivity index (χ1v) is 4.73. The highest BCUT2D eigenvalue weighted by Gasteiger charge is 2.16. The van der Waals surface area contributed by atoms with Gasteiger partial charge in [-0.15, -0.1) is 0 Å². The molecule has 1 aromatic carbocycles. The standard InChI is InChI=1S/C11H17NO3/c1-7-4-5-8(9(12)6-13)11(15-3)10(7)14-2/h4-5,9,13H,6,12H2,1-3H3. The Morgan fingerprint density at radius 3 is 2.33 bits per heavy atom. The first-order chi connectivity index (χ1) is 7.15. The number of hydrogen-bond donors (Lipinski definition) is 2. The van der Waals surface area contributed by atoms with Crippen molar-refractivity contribution in [1.29, 1.82) is 0 Å². The zero-order valence-electron chi connectivity index (χ0n) is 9.28. The molecule has 3 N–H and O–H groups in total. The lowest BCUT2D eigenvalue weighted by Crippen LogP contribution is -2.16. The van der Waals surface area contributed by atoms with Gasteiger partial charge in [0, 0.05) is 5.56 Å². The minimum Gasteiger partial charge on any atom is -0.493 e. The lowest BCUT2D eigenvalue weighted by molar-refractivity contribution is 0.263. The Hall–Kier alpha value is -1.26. The molecule has 0 aliphatic heterocycles. The lowest BCUT2D eigenvalue weighted by atomic mass is 10.0. The van der Waals surface area contributed by atoms with Crippen molar-refractivity contribution in [2.45, 2.75) is 13.0 Å². The average Bonchev–Trinajstić information content (AvgIpc) is 2.27. The fraction of sp³-hybridized carbons (Fsp3) is 0.455. The molecule has 1 unspecified atom stereocenters. The Labute approximate surface area is 89.6 Å². The highest BCUT2D eigenvalue weighted by Crippen LogP contribution is 2.36. The van der Waals surface area contributed by atoms with Crippen molar-refractivity contribution >= 4 is 0 Å². The minimum atomic E-state index is -0.450. The number of aliphatic hydroxyl groups excluding tert-OH is 1. The molecule has 0 saturated carbocycles. The molecule has 1 atom stereocenters. The van der Waals surface area contributed by atoms with Crippen molar-refractivity contribution in [2.75, 3.05) is 20.8 Å². The number of aliphatic hydroxyl groups is 1. The average molecular weight is 211 g/mol. The van der Waals surface area contributed by atoms with Gasteiger partial charge in [0.25, 0.3) is 0 Å².